The second kappa shape index (κ2) is 4.67. The summed E-state index contributed by atoms with van der Waals surface area (Å²) in [7, 11) is 0. The second-order valence-electron chi connectivity index (χ2n) is 5.80. The molecule has 0 amide bonds. The van der Waals surface area contributed by atoms with E-state index in [-0.39, 0.29) is 0 Å². The van der Waals surface area contributed by atoms with E-state index in [1.165, 1.54) is 0 Å². The van der Waals surface area contributed by atoms with Crippen LogP contribution in [0.4, 0.5) is 0 Å². The molecule has 100 valence electrons. The zero-order chi connectivity index (χ0) is 13.3. The van der Waals surface area contributed by atoms with E-state index >= 15 is 0 Å². The van der Waals surface area contributed by atoms with Crippen molar-refractivity contribution in [3.8, 4) is 0 Å². The van der Waals surface area contributed by atoms with Crippen LogP contribution in [0, 0.1) is 5.41 Å². The molecule has 1 unspecified atom stereocenters. The molecule has 1 spiro atoms. The molecule has 2 heteroatoms. The number of hydrogen-bond acceptors (Lipinski definition) is 2. The molecule has 2 rings (SSSR count). The van der Waals surface area contributed by atoms with Gasteiger partial charge >= 0.3 is 0 Å². The van der Waals surface area contributed by atoms with Crippen molar-refractivity contribution in [1.29, 1.82) is 0 Å². The monoisotopic (exact) mass is 248 g/mol. The first-order valence-electron chi connectivity index (χ1n) is 6.88. The van der Waals surface area contributed by atoms with E-state index in [1.807, 2.05) is 0 Å². The fourth-order valence-corrected chi connectivity index (χ4v) is 4.02. The second-order valence-corrected chi connectivity index (χ2v) is 5.80. The van der Waals surface area contributed by atoms with Crippen molar-refractivity contribution in [2.45, 2.75) is 56.1 Å². The van der Waals surface area contributed by atoms with Crippen LogP contribution in [0.3, 0.4) is 0 Å². The minimum Gasteiger partial charge on any atom is -0.389 e. The summed E-state index contributed by atoms with van der Waals surface area (Å²) in [5.74, 6) is 0. The third kappa shape index (κ3) is 1.70. The third-order valence-electron chi connectivity index (χ3n) is 5.06. The van der Waals surface area contributed by atoms with E-state index in [0.29, 0.717) is 12.8 Å². The number of rotatable bonds is 3. The Labute approximate surface area is 110 Å². The Morgan fingerprint density at radius 1 is 1.11 bits per heavy atom. The molecule has 0 bridgehead atoms. The van der Waals surface area contributed by atoms with Crippen molar-refractivity contribution in [3.63, 3.8) is 0 Å². The van der Waals surface area contributed by atoms with Gasteiger partial charge in [-0.05, 0) is 44.9 Å². The van der Waals surface area contributed by atoms with Crippen LogP contribution in [-0.4, -0.2) is 21.4 Å². The van der Waals surface area contributed by atoms with Gasteiger partial charge in [-0.25, -0.2) is 0 Å². The summed E-state index contributed by atoms with van der Waals surface area (Å²) in [5.41, 5.74) is -2.32. The van der Waals surface area contributed by atoms with E-state index in [1.54, 1.807) is 12.2 Å². The molecule has 0 saturated heterocycles. The summed E-state index contributed by atoms with van der Waals surface area (Å²) in [6.07, 6.45) is 12.9. The van der Waals surface area contributed by atoms with Gasteiger partial charge in [0.05, 0.1) is 11.2 Å². The van der Waals surface area contributed by atoms with Crippen LogP contribution in [-0.2, 0) is 0 Å². The van der Waals surface area contributed by atoms with E-state index < -0.39 is 16.6 Å². The lowest BCUT2D eigenvalue weighted by molar-refractivity contribution is -0.208. The summed E-state index contributed by atoms with van der Waals surface area (Å²) in [5, 5.41) is 22.1. The van der Waals surface area contributed by atoms with Gasteiger partial charge in [0.25, 0.3) is 0 Å². The van der Waals surface area contributed by atoms with Gasteiger partial charge in [-0.1, -0.05) is 24.3 Å². The largest absolute Gasteiger partial charge is 0.389 e. The Bertz CT molecular complexity index is 373. The average Bonchev–Trinajstić information content (AvgIpc) is 2.38. The van der Waals surface area contributed by atoms with Gasteiger partial charge in [0.1, 0.15) is 0 Å². The van der Waals surface area contributed by atoms with E-state index in [9.17, 15) is 10.2 Å². The molecule has 3 atom stereocenters. The Hall–Kier alpha value is -0.860. The molecule has 2 aliphatic carbocycles. The maximum absolute atomic E-state index is 11.1. The van der Waals surface area contributed by atoms with E-state index in [2.05, 4.69) is 25.3 Å². The first kappa shape index (κ1) is 13.6. The Kier molecular flexibility index (Phi) is 3.52. The van der Waals surface area contributed by atoms with Crippen molar-refractivity contribution in [3.05, 3.63) is 37.5 Å². The van der Waals surface area contributed by atoms with Crippen molar-refractivity contribution in [2.75, 3.05) is 0 Å². The molecule has 1 fully saturated rings. The summed E-state index contributed by atoms with van der Waals surface area (Å²) in [4.78, 5) is 0. The SMILES string of the molecule is C=CC[C@@]1(O)CCC[C@@](O)(C=C)C12CC=CCC2. The summed E-state index contributed by atoms with van der Waals surface area (Å²) < 4.78 is 0. The maximum atomic E-state index is 11.1. The van der Waals surface area contributed by atoms with Crippen LogP contribution >= 0.6 is 0 Å². The molecule has 18 heavy (non-hydrogen) atoms. The standard InChI is InChI=1S/C16H24O2/c1-3-9-16(18)13-8-12-15(17,4-2)14(16)10-6-5-7-11-14/h3-6,17-18H,1-2,7-13H2/t14?,15-,16+/m0/s1. The van der Waals surface area contributed by atoms with Gasteiger partial charge in [0.2, 0.25) is 0 Å². The number of allylic oxidation sites excluding steroid dienone is 2. The van der Waals surface area contributed by atoms with Crippen LogP contribution < -0.4 is 0 Å². The molecule has 0 radical (unpaired) electrons. The van der Waals surface area contributed by atoms with Crippen LogP contribution in [0.2, 0.25) is 0 Å². The summed E-state index contributed by atoms with van der Waals surface area (Å²) in [6, 6.07) is 0. The lowest BCUT2D eigenvalue weighted by Crippen LogP contribution is -2.64. The van der Waals surface area contributed by atoms with Crippen LogP contribution in [0.5, 0.6) is 0 Å². The molecule has 0 aliphatic heterocycles. The predicted octanol–water partition coefficient (Wildman–Crippen LogP) is 3.12. The van der Waals surface area contributed by atoms with Crippen LogP contribution in [0.15, 0.2) is 37.5 Å². The fraction of sp³-hybridized carbons (Fsp3) is 0.625. The lowest BCUT2D eigenvalue weighted by Gasteiger charge is -2.59. The number of aliphatic hydroxyl groups is 2. The molecule has 2 nitrogen and oxygen atoms in total. The highest BCUT2D eigenvalue weighted by atomic mass is 16.3. The van der Waals surface area contributed by atoms with Gasteiger partial charge < -0.3 is 10.2 Å². The summed E-state index contributed by atoms with van der Waals surface area (Å²) >= 11 is 0. The molecule has 2 N–H and O–H groups in total. The van der Waals surface area contributed by atoms with Crippen molar-refractivity contribution in [2.24, 2.45) is 5.41 Å². The normalized spacial score (nSPS) is 43.9. The Balaban J connectivity index is 2.49. The highest BCUT2D eigenvalue weighted by Gasteiger charge is 2.61. The average molecular weight is 248 g/mol. The van der Waals surface area contributed by atoms with Gasteiger partial charge in [-0.15, -0.1) is 13.2 Å². The Morgan fingerprint density at radius 2 is 1.89 bits per heavy atom. The minimum absolute atomic E-state index is 0.497. The molecule has 2 aliphatic rings. The minimum atomic E-state index is -0.965. The summed E-state index contributed by atoms with van der Waals surface area (Å²) in [6.45, 7) is 7.59. The Morgan fingerprint density at radius 3 is 2.44 bits per heavy atom. The highest BCUT2D eigenvalue weighted by Crippen LogP contribution is 2.58. The highest BCUT2D eigenvalue weighted by molar-refractivity contribution is 5.23. The van der Waals surface area contributed by atoms with Gasteiger partial charge in [-0.3, -0.25) is 0 Å². The molecular formula is C16H24O2. The van der Waals surface area contributed by atoms with Crippen LogP contribution in [0.1, 0.15) is 44.9 Å². The smallest absolute Gasteiger partial charge is 0.0911 e. The predicted molar refractivity (Wildman–Crippen MR) is 74.2 cm³/mol. The molecule has 1 saturated carbocycles. The zero-order valence-corrected chi connectivity index (χ0v) is 11.1. The first-order chi connectivity index (χ1) is 8.54. The molecule has 0 aromatic rings. The van der Waals surface area contributed by atoms with E-state index in [0.717, 1.165) is 32.1 Å². The zero-order valence-electron chi connectivity index (χ0n) is 11.1. The van der Waals surface area contributed by atoms with Crippen molar-refractivity contribution >= 4 is 0 Å². The third-order valence-corrected chi connectivity index (χ3v) is 5.06. The van der Waals surface area contributed by atoms with E-state index in [4.69, 9.17) is 0 Å². The lowest BCUT2D eigenvalue weighted by atomic mass is 9.50. The first-order valence-corrected chi connectivity index (χ1v) is 6.88. The topological polar surface area (TPSA) is 40.5 Å². The van der Waals surface area contributed by atoms with Gasteiger partial charge in [0.15, 0.2) is 0 Å². The van der Waals surface area contributed by atoms with Gasteiger partial charge in [-0.2, -0.15) is 0 Å². The van der Waals surface area contributed by atoms with Gasteiger partial charge in [0, 0.05) is 5.41 Å². The molecule has 0 heterocycles. The quantitative estimate of drug-likeness (QED) is 0.753. The van der Waals surface area contributed by atoms with Crippen molar-refractivity contribution in [1.82, 2.24) is 0 Å². The maximum Gasteiger partial charge on any atom is 0.0911 e. The van der Waals surface area contributed by atoms with Crippen LogP contribution in [0.25, 0.3) is 0 Å². The molecule has 0 aromatic carbocycles. The fourth-order valence-electron chi connectivity index (χ4n) is 4.02. The van der Waals surface area contributed by atoms with Crippen molar-refractivity contribution < 1.29 is 10.2 Å². The number of hydrogen-bond donors (Lipinski definition) is 2. The molecular weight excluding hydrogens is 224 g/mol. The molecule has 0 aromatic heterocycles.